The summed E-state index contributed by atoms with van der Waals surface area (Å²) >= 11 is 0. The van der Waals surface area contributed by atoms with Crippen molar-refractivity contribution in [2.24, 2.45) is 0 Å². The Labute approximate surface area is 171 Å². The largest absolute Gasteiger partial charge is 0.383 e. The van der Waals surface area contributed by atoms with Crippen LogP contribution in [0, 0.1) is 13.8 Å². The van der Waals surface area contributed by atoms with Gasteiger partial charge in [-0.05, 0) is 25.8 Å². The molecule has 0 spiro atoms. The molecule has 7 heteroatoms. The lowest BCUT2D eigenvalue weighted by Crippen LogP contribution is -2.63. The second kappa shape index (κ2) is 8.18. The molecule has 2 aliphatic rings. The molecule has 0 radical (unpaired) electrons. The van der Waals surface area contributed by atoms with Crippen molar-refractivity contribution in [3.63, 3.8) is 0 Å². The van der Waals surface area contributed by atoms with Crippen molar-refractivity contribution in [2.45, 2.75) is 31.9 Å². The third-order valence-electron chi connectivity index (χ3n) is 6.20. The van der Waals surface area contributed by atoms with E-state index in [1.165, 1.54) is 6.33 Å². The fourth-order valence-electron chi connectivity index (χ4n) is 4.54. The van der Waals surface area contributed by atoms with Crippen LogP contribution in [-0.4, -0.2) is 76.2 Å². The van der Waals surface area contributed by atoms with Crippen LogP contribution in [0.25, 0.3) is 0 Å². The van der Waals surface area contributed by atoms with Gasteiger partial charge in [0, 0.05) is 26.2 Å². The Balaban J connectivity index is 1.65. The fourth-order valence-corrected chi connectivity index (χ4v) is 4.54. The number of aryl methyl sites for hydroxylation is 2. The monoisotopic (exact) mass is 396 g/mol. The quantitative estimate of drug-likeness (QED) is 0.848. The molecule has 4 rings (SSSR count). The maximum Gasteiger partial charge on any atom is 0.257 e. The Morgan fingerprint density at radius 1 is 1.10 bits per heavy atom. The predicted octanol–water partition coefficient (Wildman–Crippen LogP) is 1.53. The number of aliphatic hydroxyl groups is 1. The molecule has 0 aliphatic carbocycles. The first kappa shape index (κ1) is 19.9. The second-order valence-corrected chi connectivity index (χ2v) is 7.88. The minimum absolute atomic E-state index is 0.0611. The van der Waals surface area contributed by atoms with Crippen molar-refractivity contribution in [1.82, 2.24) is 19.8 Å². The number of morpholine rings is 1. The molecule has 0 unspecified atom stereocenters. The van der Waals surface area contributed by atoms with Crippen molar-refractivity contribution in [3.8, 4) is 0 Å². The summed E-state index contributed by atoms with van der Waals surface area (Å²) in [4.78, 5) is 25.9. The number of hydrogen-bond donors (Lipinski definition) is 1. The number of piperidine rings is 1. The normalized spacial score (nSPS) is 25.8. The highest BCUT2D eigenvalue weighted by Crippen LogP contribution is 2.37. The summed E-state index contributed by atoms with van der Waals surface area (Å²) in [7, 11) is 0. The number of amides is 1. The summed E-state index contributed by atoms with van der Waals surface area (Å²) in [6.07, 6.45) is 1.97. The Hall–Kier alpha value is -2.35. The fraction of sp³-hybridized carbons (Fsp3) is 0.500. The predicted molar refractivity (Wildman–Crippen MR) is 109 cm³/mol. The van der Waals surface area contributed by atoms with Gasteiger partial charge in [-0.25, -0.2) is 9.97 Å². The van der Waals surface area contributed by atoms with Crippen LogP contribution in [0.5, 0.6) is 0 Å². The molecular weight excluding hydrogens is 368 g/mol. The zero-order valence-electron chi connectivity index (χ0n) is 17.0. The third kappa shape index (κ3) is 3.77. The highest BCUT2D eigenvalue weighted by atomic mass is 16.5. The van der Waals surface area contributed by atoms with Crippen LogP contribution in [0.4, 0.5) is 0 Å². The number of hydrogen-bond acceptors (Lipinski definition) is 6. The minimum Gasteiger partial charge on any atom is -0.383 e. The van der Waals surface area contributed by atoms with Gasteiger partial charge in [0.05, 0.1) is 36.2 Å². The van der Waals surface area contributed by atoms with E-state index < -0.39 is 5.60 Å². The van der Waals surface area contributed by atoms with E-state index in [0.717, 1.165) is 18.7 Å². The molecule has 2 fully saturated rings. The maximum absolute atomic E-state index is 13.3. The van der Waals surface area contributed by atoms with E-state index in [-0.39, 0.29) is 11.9 Å². The van der Waals surface area contributed by atoms with E-state index in [2.05, 4.69) is 14.9 Å². The van der Waals surface area contributed by atoms with Crippen molar-refractivity contribution < 1.29 is 14.6 Å². The molecule has 2 aromatic rings. The first-order valence-corrected chi connectivity index (χ1v) is 10.2. The Kier molecular flexibility index (Phi) is 5.63. The topological polar surface area (TPSA) is 78.8 Å². The zero-order valence-corrected chi connectivity index (χ0v) is 17.0. The Morgan fingerprint density at radius 2 is 1.76 bits per heavy atom. The van der Waals surface area contributed by atoms with E-state index in [9.17, 15) is 9.90 Å². The summed E-state index contributed by atoms with van der Waals surface area (Å²) < 4.78 is 5.52. The van der Waals surface area contributed by atoms with Gasteiger partial charge in [0.2, 0.25) is 0 Å². The molecule has 0 saturated carbocycles. The number of nitrogens with zero attached hydrogens (tertiary/aromatic N) is 4. The van der Waals surface area contributed by atoms with Crippen LogP contribution in [0.1, 0.15) is 33.7 Å². The third-order valence-corrected chi connectivity index (χ3v) is 6.20. The molecule has 154 valence electrons. The molecule has 7 nitrogen and oxygen atoms in total. The summed E-state index contributed by atoms with van der Waals surface area (Å²) in [6, 6.07) is 9.62. The lowest BCUT2D eigenvalue weighted by molar-refractivity contribution is -0.112. The van der Waals surface area contributed by atoms with Crippen LogP contribution in [0.3, 0.4) is 0 Å². The minimum atomic E-state index is -1.01. The van der Waals surface area contributed by atoms with Gasteiger partial charge in [0.25, 0.3) is 5.91 Å². The van der Waals surface area contributed by atoms with Gasteiger partial charge in [-0.15, -0.1) is 0 Å². The Bertz CT molecular complexity index is 849. The molecule has 2 saturated heterocycles. The van der Waals surface area contributed by atoms with Gasteiger partial charge in [0.15, 0.2) is 0 Å². The molecular formula is C22H28N4O3. The highest BCUT2D eigenvalue weighted by Gasteiger charge is 2.47. The van der Waals surface area contributed by atoms with Crippen molar-refractivity contribution >= 4 is 5.91 Å². The number of carbonyl (C=O) groups excluding carboxylic acids is 1. The van der Waals surface area contributed by atoms with Crippen molar-refractivity contribution in [3.05, 3.63) is 59.2 Å². The van der Waals surface area contributed by atoms with E-state index in [1.807, 2.05) is 49.1 Å². The molecule has 1 aromatic heterocycles. The number of likely N-dealkylation sites (tertiary alicyclic amines) is 1. The maximum atomic E-state index is 13.3. The highest BCUT2D eigenvalue weighted by molar-refractivity contribution is 5.96. The van der Waals surface area contributed by atoms with Gasteiger partial charge < -0.3 is 14.7 Å². The second-order valence-electron chi connectivity index (χ2n) is 7.88. The molecule has 1 aromatic carbocycles. The Morgan fingerprint density at radius 3 is 2.41 bits per heavy atom. The lowest BCUT2D eigenvalue weighted by atomic mass is 9.79. The molecule has 3 heterocycles. The van der Waals surface area contributed by atoms with Crippen LogP contribution in [0.15, 0.2) is 36.7 Å². The number of benzene rings is 1. The average molecular weight is 396 g/mol. The number of ether oxygens (including phenoxy) is 1. The van der Waals surface area contributed by atoms with Crippen LogP contribution < -0.4 is 0 Å². The van der Waals surface area contributed by atoms with Crippen molar-refractivity contribution in [1.29, 1.82) is 0 Å². The molecule has 29 heavy (non-hydrogen) atoms. The zero-order chi connectivity index (χ0) is 20.4. The average Bonchev–Trinajstić information content (AvgIpc) is 2.75. The van der Waals surface area contributed by atoms with Crippen molar-refractivity contribution in [2.75, 3.05) is 39.4 Å². The summed E-state index contributed by atoms with van der Waals surface area (Å²) in [6.45, 7) is 7.39. The number of aromatic nitrogens is 2. The first-order valence-electron chi connectivity index (χ1n) is 10.2. The van der Waals surface area contributed by atoms with E-state index in [0.29, 0.717) is 49.7 Å². The van der Waals surface area contributed by atoms with Crippen LogP contribution in [0.2, 0.25) is 0 Å². The first-order chi connectivity index (χ1) is 14.0. The lowest BCUT2D eigenvalue weighted by Gasteiger charge is -2.50. The van der Waals surface area contributed by atoms with Gasteiger partial charge in [-0.3, -0.25) is 9.69 Å². The number of rotatable bonds is 3. The van der Waals surface area contributed by atoms with Crippen LogP contribution in [-0.2, 0) is 10.3 Å². The summed E-state index contributed by atoms with van der Waals surface area (Å²) in [5, 5.41) is 11.8. The summed E-state index contributed by atoms with van der Waals surface area (Å²) in [5.41, 5.74) is 1.84. The van der Waals surface area contributed by atoms with E-state index in [1.54, 1.807) is 0 Å². The smallest absolute Gasteiger partial charge is 0.257 e. The van der Waals surface area contributed by atoms with Gasteiger partial charge in [0.1, 0.15) is 11.9 Å². The molecule has 0 bridgehead atoms. The van der Waals surface area contributed by atoms with Gasteiger partial charge >= 0.3 is 0 Å². The molecule has 2 atom stereocenters. The number of carbonyl (C=O) groups is 1. The molecule has 1 amide bonds. The summed E-state index contributed by atoms with van der Waals surface area (Å²) in [5.74, 6) is -0.0611. The van der Waals surface area contributed by atoms with E-state index in [4.69, 9.17) is 4.74 Å². The molecule has 2 aliphatic heterocycles. The van der Waals surface area contributed by atoms with E-state index >= 15 is 0 Å². The van der Waals surface area contributed by atoms with Gasteiger partial charge in [-0.1, -0.05) is 30.3 Å². The standard InChI is InChI=1S/C22H28N4O3/c1-16-20(17(2)24-15-23-16)21(27)26-9-8-22(28,18-6-4-3-5-7-18)19(14-26)25-10-12-29-13-11-25/h3-7,15,19,28H,8-14H2,1-2H3/t19-,22+/m1/s1. The van der Waals surface area contributed by atoms with Gasteiger partial charge in [-0.2, -0.15) is 0 Å². The SMILES string of the molecule is Cc1ncnc(C)c1C(=O)N1CC[C@](O)(c2ccccc2)[C@H](N2CCOCC2)C1. The van der Waals surface area contributed by atoms with Crippen LogP contribution >= 0.6 is 0 Å². The molecule has 1 N–H and O–H groups in total.